The van der Waals surface area contributed by atoms with E-state index >= 15 is 0 Å². The van der Waals surface area contributed by atoms with E-state index in [1.54, 1.807) is 23.8 Å². The molecule has 1 aliphatic heterocycles. The van der Waals surface area contributed by atoms with Crippen molar-refractivity contribution in [2.24, 2.45) is 0 Å². The van der Waals surface area contributed by atoms with Crippen molar-refractivity contribution in [2.45, 2.75) is 12.8 Å². The Morgan fingerprint density at radius 3 is 2.74 bits per heavy atom. The zero-order valence-corrected chi connectivity index (χ0v) is 18.6. The SMILES string of the molecule is Cl.O=C(CCCN1CCN(c2nsc3ccccc23)CC1)c1c[nH]c2ccc(F)cc12. The first-order valence-corrected chi connectivity index (χ1v) is 11.1. The third-order valence-corrected chi connectivity index (χ3v) is 6.67. The number of benzene rings is 2. The number of nitrogens with one attached hydrogen (secondary N) is 1. The van der Waals surface area contributed by atoms with Gasteiger partial charge >= 0.3 is 0 Å². The summed E-state index contributed by atoms with van der Waals surface area (Å²) in [5.41, 5.74) is 1.38. The van der Waals surface area contributed by atoms with Crippen molar-refractivity contribution in [2.75, 3.05) is 37.6 Å². The molecule has 0 unspecified atom stereocenters. The van der Waals surface area contributed by atoms with Crippen molar-refractivity contribution in [1.29, 1.82) is 0 Å². The number of H-pyrrole nitrogens is 1. The largest absolute Gasteiger partial charge is 0.360 e. The Morgan fingerprint density at radius 2 is 1.90 bits per heavy atom. The van der Waals surface area contributed by atoms with Crippen LogP contribution in [0.25, 0.3) is 21.0 Å². The van der Waals surface area contributed by atoms with Gasteiger partial charge in [-0.25, -0.2) is 4.39 Å². The third kappa shape index (κ3) is 4.44. The standard InChI is InChI=1S/C23H23FN4OS.ClH/c24-16-7-8-20-18(14-16)19(15-25-20)21(29)5-3-9-27-10-12-28(13-11-27)23-17-4-1-2-6-22(17)30-26-23;/h1-2,4,6-8,14-15,25H,3,5,9-13H2;1H. The van der Waals surface area contributed by atoms with E-state index in [9.17, 15) is 9.18 Å². The normalized spacial score (nSPS) is 14.8. The second-order valence-corrected chi connectivity index (χ2v) is 8.55. The van der Waals surface area contributed by atoms with Gasteiger partial charge in [-0.2, -0.15) is 4.37 Å². The molecule has 31 heavy (non-hydrogen) atoms. The average molecular weight is 459 g/mol. The van der Waals surface area contributed by atoms with Crippen LogP contribution < -0.4 is 4.90 Å². The van der Waals surface area contributed by atoms with Gasteiger partial charge in [0, 0.05) is 60.6 Å². The van der Waals surface area contributed by atoms with Crippen molar-refractivity contribution < 1.29 is 9.18 Å². The number of ketones is 1. The fraction of sp³-hybridized carbons (Fsp3) is 0.304. The van der Waals surface area contributed by atoms with E-state index in [4.69, 9.17) is 0 Å². The smallest absolute Gasteiger partial charge is 0.165 e. The number of rotatable bonds is 6. The fourth-order valence-electron chi connectivity index (χ4n) is 4.21. The van der Waals surface area contributed by atoms with E-state index in [1.165, 1.54) is 22.2 Å². The van der Waals surface area contributed by atoms with E-state index in [2.05, 4.69) is 43.4 Å². The zero-order chi connectivity index (χ0) is 20.5. The van der Waals surface area contributed by atoms with E-state index in [0.29, 0.717) is 17.4 Å². The molecule has 2 aromatic heterocycles. The van der Waals surface area contributed by atoms with Crippen molar-refractivity contribution in [1.82, 2.24) is 14.3 Å². The summed E-state index contributed by atoms with van der Waals surface area (Å²) in [6, 6.07) is 12.9. The molecular weight excluding hydrogens is 435 g/mol. The van der Waals surface area contributed by atoms with Crippen molar-refractivity contribution in [3.63, 3.8) is 0 Å². The predicted molar refractivity (Wildman–Crippen MR) is 127 cm³/mol. The molecule has 1 N–H and O–H groups in total. The van der Waals surface area contributed by atoms with Gasteiger partial charge in [0.2, 0.25) is 0 Å². The second-order valence-electron chi connectivity index (χ2n) is 7.75. The van der Waals surface area contributed by atoms with Crippen molar-refractivity contribution in [3.05, 3.63) is 60.0 Å². The zero-order valence-electron chi connectivity index (χ0n) is 17.0. The molecule has 1 saturated heterocycles. The molecule has 2 aromatic carbocycles. The number of nitrogens with zero attached hydrogens (tertiary/aromatic N) is 3. The van der Waals surface area contributed by atoms with Gasteiger partial charge in [0.15, 0.2) is 5.78 Å². The topological polar surface area (TPSA) is 52.2 Å². The van der Waals surface area contributed by atoms with Crippen molar-refractivity contribution >= 4 is 56.5 Å². The van der Waals surface area contributed by atoms with Gasteiger partial charge in [-0.1, -0.05) is 12.1 Å². The molecule has 0 saturated carbocycles. The Hall–Kier alpha value is -2.48. The molecule has 0 bridgehead atoms. The summed E-state index contributed by atoms with van der Waals surface area (Å²) >= 11 is 1.56. The number of hydrogen-bond donors (Lipinski definition) is 1. The van der Waals surface area contributed by atoms with Gasteiger partial charge in [0.25, 0.3) is 0 Å². The summed E-state index contributed by atoms with van der Waals surface area (Å²) in [6.07, 6.45) is 2.98. The number of aromatic amines is 1. The molecule has 1 aliphatic rings. The Labute approximate surface area is 190 Å². The molecule has 0 spiro atoms. The summed E-state index contributed by atoms with van der Waals surface area (Å²) in [6.45, 7) is 4.73. The summed E-state index contributed by atoms with van der Waals surface area (Å²) in [5.74, 6) is 0.846. The van der Waals surface area contributed by atoms with Gasteiger partial charge < -0.3 is 9.88 Å². The minimum absolute atomic E-state index is 0. The van der Waals surface area contributed by atoms with Crippen LogP contribution in [0.1, 0.15) is 23.2 Å². The Balaban J connectivity index is 0.00000231. The number of carbonyl (C=O) groups excluding carboxylic acids is 1. The Bertz CT molecular complexity index is 1200. The number of carbonyl (C=O) groups is 1. The lowest BCUT2D eigenvalue weighted by molar-refractivity contribution is 0.0976. The van der Waals surface area contributed by atoms with Gasteiger partial charge in [-0.15, -0.1) is 12.4 Å². The molecule has 3 heterocycles. The maximum Gasteiger partial charge on any atom is 0.165 e. The van der Waals surface area contributed by atoms with Gasteiger partial charge in [-0.3, -0.25) is 9.69 Å². The fourth-order valence-corrected chi connectivity index (χ4v) is 5.00. The molecule has 0 amide bonds. The van der Waals surface area contributed by atoms with Gasteiger partial charge in [-0.05, 0) is 54.8 Å². The highest BCUT2D eigenvalue weighted by atomic mass is 35.5. The lowest BCUT2D eigenvalue weighted by atomic mass is 10.1. The first kappa shape index (κ1) is 21.7. The van der Waals surface area contributed by atoms with Crippen LogP contribution in [0.2, 0.25) is 0 Å². The van der Waals surface area contributed by atoms with Crippen LogP contribution in [-0.4, -0.2) is 52.8 Å². The highest BCUT2D eigenvalue weighted by Gasteiger charge is 2.21. The first-order chi connectivity index (χ1) is 14.7. The van der Waals surface area contributed by atoms with Crippen molar-refractivity contribution in [3.8, 4) is 0 Å². The predicted octanol–water partition coefficient (Wildman–Crippen LogP) is 5.12. The molecular formula is C23H24ClFN4OS. The van der Waals surface area contributed by atoms with Gasteiger partial charge in [0.1, 0.15) is 11.6 Å². The van der Waals surface area contributed by atoms with E-state index in [-0.39, 0.29) is 24.0 Å². The molecule has 1 fully saturated rings. The van der Waals surface area contributed by atoms with E-state index < -0.39 is 0 Å². The molecule has 5 rings (SSSR count). The minimum atomic E-state index is -0.318. The van der Waals surface area contributed by atoms with Crippen LogP contribution in [0.5, 0.6) is 0 Å². The van der Waals surface area contributed by atoms with Crippen LogP contribution in [-0.2, 0) is 0 Å². The summed E-state index contributed by atoms with van der Waals surface area (Å²) < 4.78 is 19.4. The molecule has 4 aromatic rings. The maximum absolute atomic E-state index is 13.5. The lowest BCUT2D eigenvalue weighted by Gasteiger charge is -2.35. The third-order valence-electron chi connectivity index (χ3n) is 5.85. The molecule has 5 nitrogen and oxygen atoms in total. The summed E-state index contributed by atoms with van der Waals surface area (Å²) in [7, 11) is 0. The van der Waals surface area contributed by atoms with E-state index in [1.807, 2.05) is 0 Å². The lowest BCUT2D eigenvalue weighted by Crippen LogP contribution is -2.46. The maximum atomic E-state index is 13.5. The monoisotopic (exact) mass is 458 g/mol. The Kier molecular flexibility index (Phi) is 6.55. The highest BCUT2D eigenvalue weighted by Crippen LogP contribution is 2.30. The van der Waals surface area contributed by atoms with E-state index in [0.717, 1.165) is 50.5 Å². The number of fused-ring (bicyclic) bond motifs is 2. The first-order valence-electron chi connectivity index (χ1n) is 10.3. The average Bonchev–Trinajstić information content (AvgIpc) is 3.38. The van der Waals surface area contributed by atoms with Crippen LogP contribution in [0.4, 0.5) is 10.2 Å². The minimum Gasteiger partial charge on any atom is -0.360 e. The van der Waals surface area contributed by atoms with Gasteiger partial charge in [0.05, 0.1) is 4.70 Å². The number of hydrogen-bond acceptors (Lipinski definition) is 5. The van der Waals surface area contributed by atoms with Crippen LogP contribution in [0.15, 0.2) is 48.7 Å². The molecule has 162 valence electrons. The van der Waals surface area contributed by atoms with Crippen LogP contribution in [0, 0.1) is 5.82 Å². The Morgan fingerprint density at radius 1 is 1.10 bits per heavy atom. The second kappa shape index (κ2) is 9.34. The number of Topliss-reactive ketones (excluding diaryl/α,β-unsaturated/α-hetero) is 1. The van der Waals surface area contributed by atoms with Crippen LogP contribution in [0.3, 0.4) is 0 Å². The highest BCUT2D eigenvalue weighted by molar-refractivity contribution is 7.13. The molecule has 0 aliphatic carbocycles. The molecule has 0 radical (unpaired) electrons. The number of piperazine rings is 1. The quantitative estimate of drug-likeness (QED) is 0.407. The molecule has 0 atom stereocenters. The molecule has 8 heteroatoms. The number of aromatic nitrogens is 2. The van der Waals surface area contributed by atoms with Crippen LogP contribution >= 0.6 is 23.9 Å². The number of anilines is 1. The number of halogens is 2. The summed E-state index contributed by atoms with van der Waals surface area (Å²) in [5, 5.41) is 1.90. The summed E-state index contributed by atoms with van der Waals surface area (Å²) in [4.78, 5) is 20.5.